The average Bonchev–Trinajstić information content (AvgIpc) is 4.05. The number of hydrogen-bond donors (Lipinski definition) is 1. The van der Waals surface area contributed by atoms with Gasteiger partial charge in [0, 0.05) is 61.3 Å². The number of allylic oxidation sites excluding steroid dienone is 1. The lowest BCUT2D eigenvalue weighted by molar-refractivity contribution is -0.147. The highest BCUT2D eigenvalue weighted by molar-refractivity contribution is 7.93. The SMILES string of the molecule is C=C[C@@H]1C[C@]1(NC(=O)[C@@H]1C[C@@H]2CN1C(=O)[C@H](C1CCCC1)CC(=O)N1CCCC(C1)OC/C=C/Cn1cc(C)c3c4ccccc4nc(c31)O2)C(=O)CS(=O)(=O)C1CC1. The number of aryl methyl sites for hydroxylation is 1. The van der Waals surface area contributed by atoms with Crippen LogP contribution in [0.5, 0.6) is 5.88 Å². The fourth-order valence-corrected chi connectivity index (χ4v) is 12.0. The molecule has 3 aromatic rings. The van der Waals surface area contributed by atoms with Crippen molar-refractivity contribution < 1.29 is 37.1 Å². The number of sulfone groups is 1. The quantitative estimate of drug-likeness (QED) is 0.315. The van der Waals surface area contributed by atoms with Crippen molar-refractivity contribution in [1.29, 1.82) is 0 Å². The minimum absolute atomic E-state index is 0.0200. The summed E-state index contributed by atoms with van der Waals surface area (Å²) in [6.07, 6.45) is 13.7. The van der Waals surface area contributed by atoms with Gasteiger partial charge < -0.3 is 29.2 Å². The zero-order chi connectivity index (χ0) is 41.1. The summed E-state index contributed by atoms with van der Waals surface area (Å²) >= 11 is 0. The first-order valence-electron chi connectivity index (χ1n) is 21.5. The Kier molecular flexibility index (Phi) is 10.7. The van der Waals surface area contributed by atoms with Crippen molar-refractivity contribution in [2.24, 2.45) is 17.8 Å². The second-order valence-electron chi connectivity index (χ2n) is 17.8. The number of rotatable bonds is 8. The van der Waals surface area contributed by atoms with Gasteiger partial charge in [0.15, 0.2) is 15.6 Å². The highest BCUT2D eigenvalue weighted by Crippen LogP contribution is 2.47. The number of pyridine rings is 1. The lowest BCUT2D eigenvalue weighted by Gasteiger charge is -2.35. The topological polar surface area (TPSA) is 157 Å². The zero-order valence-corrected chi connectivity index (χ0v) is 34.7. The van der Waals surface area contributed by atoms with E-state index in [4.69, 9.17) is 14.5 Å². The molecular formula is C45H55N5O8S. The smallest absolute Gasteiger partial charge is 0.243 e. The third kappa shape index (κ3) is 7.71. The molecule has 2 saturated heterocycles. The summed E-state index contributed by atoms with van der Waals surface area (Å²) in [5.41, 5.74) is 1.21. The van der Waals surface area contributed by atoms with Crippen LogP contribution >= 0.6 is 0 Å². The number of aromatic nitrogens is 2. The summed E-state index contributed by atoms with van der Waals surface area (Å²) in [6.45, 7) is 8.02. The maximum atomic E-state index is 15.1. The third-order valence-electron chi connectivity index (χ3n) is 13.8. The van der Waals surface area contributed by atoms with E-state index in [1.54, 1.807) is 11.0 Å². The van der Waals surface area contributed by atoms with Crippen LogP contribution in [0.3, 0.4) is 0 Å². The minimum atomic E-state index is -3.64. The fourth-order valence-electron chi connectivity index (χ4n) is 10.3. The second kappa shape index (κ2) is 15.8. The number of fused-ring (bicyclic) bond motifs is 6. The summed E-state index contributed by atoms with van der Waals surface area (Å²) in [6, 6.07) is 6.88. The molecule has 1 aromatic carbocycles. The van der Waals surface area contributed by atoms with Crippen LogP contribution in [0.4, 0.5) is 0 Å². The first-order valence-corrected chi connectivity index (χ1v) is 23.3. The van der Waals surface area contributed by atoms with Gasteiger partial charge in [-0.05, 0) is 69.4 Å². The predicted octanol–water partition coefficient (Wildman–Crippen LogP) is 4.83. The molecular weight excluding hydrogens is 771 g/mol. The van der Waals surface area contributed by atoms with Crippen LogP contribution in [0.1, 0.15) is 76.2 Å². The van der Waals surface area contributed by atoms with Crippen molar-refractivity contribution >= 4 is 55.1 Å². The van der Waals surface area contributed by atoms with Gasteiger partial charge >= 0.3 is 0 Å². The molecule has 4 bridgehead atoms. The molecule has 6 atom stereocenters. The first kappa shape index (κ1) is 39.9. The number of para-hydroxylation sites is 1. The highest BCUT2D eigenvalue weighted by atomic mass is 32.2. The Balaban J connectivity index is 1.09. The van der Waals surface area contributed by atoms with Gasteiger partial charge in [-0.3, -0.25) is 19.2 Å². The number of ketones is 1. The number of benzene rings is 1. The zero-order valence-electron chi connectivity index (χ0n) is 33.9. The van der Waals surface area contributed by atoms with Gasteiger partial charge in [0.2, 0.25) is 23.6 Å². The Morgan fingerprint density at radius 3 is 2.59 bits per heavy atom. The summed E-state index contributed by atoms with van der Waals surface area (Å²) in [5, 5.41) is 4.46. The van der Waals surface area contributed by atoms with Gasteiger partial charge in [-0.2, -0.15) is 0 Å². The Morgan fingerprint density at radius 2 is 1.83 bits per heavy atom. The van der Waals surface area contributed by atoms with Gasteiger partial charge in [-0.1, -0.05) is 49.3 Å². The number of piperidine rings is 1. The first-order chi connectivity index (χ1) is 28.5. The van der Waals surface area contributed by atoms with Crippen LogP contribution in [0.15, 0.2) is 55.3 Å². The number of nitrogens with one attached hydrogen (secondary N) is 1. The standard InChI is InChI=1S/C45H55N5O8S/c1-3-30-23-45(30,38(51)27-59(55,56)33-16-17-33)47-42(53)37-21-32-26-50(37)44(54)35(29-11-4-5-12-29)22-39(52)48-19-10-13-31(25-48)57-20-9-8-18-49-24-28(2)40-34-14-6-7-15-36(34)46-43(58-32)41(40)49/h3,6-9,14-15,24,29-33,35,37H,1,4-5,10-13,16-23,25-27H2,2H3,(H,47,53)/b9-8+/t30-,31?,32-,35+,37+,45-/m1/s1. The van der Waals surface area contributed by atoms with Crippen molar-refractivity contribution in [2.45, 2.75) is 113 Å². The monoisotopic (exact) mass is 825 g/mol. The Morgan fingerprint density at radius 1 is 1.03 bits per heavy atom. The summed E-state index contributed by atoms with van der Waals surface area (Å²) in [5.74, 6) is -2.80. The molecule has 9 rings (SSSR count). The fraction of sp³-hybridized carbons (Fsp3) is 0.578. The Labute approximate surface area is 345 Å². The van der Waals surface area contributed by atoms with Crippen molar-refractivity contribution in [3.05, 3.63) is 60.8 Å². The highest BCUT2D eigenvalue weighted by Gasteiger charge is 2.61. The largest absolute Gasteiger partial charge is 0.471 e. The van der Waals surface area contributed by atoms with Crippen molar-refractivity contribution in [3.8, 4) is 5.88 Å². The van der Waals surface area contributed by atoms with E-state index in [9.17, 15) is 22.8 Å². The maximum Gasteiger partial charge on any atom is 0.243 e. The molecule has 1 unspecified atom stereocenters. The number of carbonyl (C=O) groups excluding carboxylic acids is 4. The van der Waals surface area contributed by atoms with E-state index in [0.717, 1.165) is 65.9 Å². The van der Waals surface area contributed by atoms with E-state index in [2.05, 4.69) is 35.7 Å². The molecule has 59 heavy (non-hydrogen) atoms. The second-order valence-corrected chi connectivity index (χ2v) is 20.1. The molecule has 5 fully saturated rings. The molecule has 3 aliphatic carbocycles. The lowest BCUT2D eigenvalue weighted by atomic mass is 9.86. The van der Waals surface area contributed by atoms with Crippen molar-refractivity contribution in [3.63, 3.8) is 0 Å². The van der Waals surface area contributed by atoms with Crippen LogP contribution in [0, 0.1) is 24.7 Å². The van der Waals surface area contributed by atoms with Crippen LogP contribution in [-0.4, -0.2) is 112 Å². The predicted molar refractivity (Wildman–Crippen MR) is 222 cm³/mol. The van der Waals surface area contributed by atoms with Crippen LogP contribution in [0.2, 0.25) is 0 Å². The molecule has 5 heterocycles. The molecule has 1 N–H and O–H groups in total. The van der Waals surface area contributed by atoms with E-state index in [0.29, 0.717) is 45.0 Å². The van der Waals surface area contributed by atoms with Crippen LogP contribution < -0.4 is 10.1 Å². The van der Waals surface area contributed by atoms with Gasteiger partial charge in [0.1, 0.15) is 29.0 Å². The lowest BCUT2D eigenvalue weighted by Crippen LogP contribution is -2.55. The number of ether oxygens (including phenoxy) is 2. The van der Waals surface area contributed by atoms with E-state index >= 15 is 4.79 Å². The molecule has 13 nitrogen and oxygen atoms in total. The molecule has 0 spiro atoms. The average molecular weight is 826 g/mol. The number of hydrogen-bond acceptors (Lipinski definition) is 9. The van der Waals surface area contributed by atoms with Crippen LogP contribution in [-0.2, 0) is 40.3 Å². The third-order valence-corrected chi connectivity index (χ3v) is 16.0. The van der Waals surface area contributed by atoms with Gasteiger partial charge in [-0.25, -0.2) is 13.4 Å². The molecule has 3 aliphatic heterocycles. The summed E-state index contributed by atoms with van der Waals surface area (Å²) in [7, 11) is -3.64. The number of Topliss-reactive ketones (excluding diaryl/α,β-unsaturated/α-hetero) is 1. The number of nitrogens with zero attached hydrogens (tertiary/aromatic N) is 4. The minimum Gasteiger partial charge on any atom is -0.471 e. The van der Waals surface area contributed by atoms with Gasteiger partial charge in [0.05, 0.1) is 30.0 Å². The molecule has 14 heteroatoms. The molecule has 3 amide bonds. The van der Waals surface area contributed by atoms with E-state index in [1.165, 1.54) is 0 Å². The van der Waals surface area contributed by atoms with Crippen LogP contribution in [0.25, 0.3) is 21.8 Å². The van der Waals surface area contributed by atoms with E-state index in [-0.39, 0.29) is 49.6 Å². The molecule has 6 aliphatic rings. The van der Waals surface area contributed by atoms with E-state index in [1.807, 2.05) is 35.2 Å². The summed E-state index contributed by atoms with van der Waals surface area (Å²) < 4.78 is 41.2. The Hall–Kier alpha value is -4.56. The molecule has 2 aromatic heterocycles. The molecule has 3 saturated carbocycles. The number of carbonyl (C=O) groups is 4. The Bertz CT molecular complexity index is 2330. The molecule has 314 valence electrons. The molecule has 0 radical (unpaired) electrons. The number of amides is 3. The summed E-state index contributed by atoms with van der Waals surface area (Å²) in [4.78, 5) is 66.2. The van der Waals surface area contributed by atoms with Crippen molar-refractivity contribution in [1.82, 2.24) is 24.7 Å². The van der Waals surface area contributed by atoms with Gasteiger partial charge in [-0.15, -0.1) is 6.58 Å². The normalized spacial score (nSPS) is 30.1. The van der Waals surface area contributed by atoms with Gasteiger partial charge in [0.25, 0.3) is 0 Å². The maximum absolute atomic E-state index is 15.1. The van der Waals surface area contributed by atoms with Crippen molar-refractivity contribution in [2.75, 3.05) is 32.0 Å². The van der Waals surface area contributed by atoms with E-state index < -0.39 is 62.1 Å².